The van der Waals surface area contributed by atoms with Gasteiger partial charge in [-0.25, -0.2) is 4.98 Å². The van der Waals surface area contributed by atoms with Gasteiger partial charge >= 0.3 is 0 Å². The number of fused-ring (bicyclic) bond motifs is 13. The average Bonchev–Trinajstić information content (AvgIpc) is 3.83. The highest BCUT2D eigenvalue weighted by Crippen LogP contribution is 2.42. The van der Waals surface area contributed by atoms with Crippen molar-refractivity contribution in [3.05, 3.63) is 170 Å². The molecule has 0 fully saturated rings. The van der Waals surface area contributed by atoms with Gasteiger partial charge in [-0.05, 0) is 77.2 Å². The van der Waals surface area contributed by atoms with Crippen LogP contribution in [0, 0.1) is 0 Å². The maximum Gasteiger partial charge on any atom is 0.147 e. The molecule has 0 atom stereocenters. The first-order valence-corrected chi connectivity index (χ1v) is 16.7. The maximum atomic E-state index is 5.19. The summed E-state index contributed by atoms with van der Waals surface area (Å²) in [5, 5.41) is 7.32. The fourth-order valence-corrected chi connectivity index (χ4v) is 8.10. The Morgan fingerprint density at radius 3 is 1.73 bits per heavy atom. The molecule has 49 heavy (non-hydrogen) atoms. The van der Waals surface area contributed by atoms with Crippen molar-refractivity contribution >= 4 is 71.2 Å². The van der Waals surface area contributed by atoms with Crippen LogP contribution in [-0.4, -0.2) is 18.5 Å². The fourth-order valence-electron chi connectivity index (χ4n) is 8.10. The van der Waals surface area contributed by atoms with Crippen LogP contribution in [0.1, 0.15) is 0 Å². The Kier molecular flexibility index (Phi) is 5.35. The first-order chi connectivity index (χ1) is 24.3. The topological polar surface area (TPSA) is 27.2 Å². The molecule has 0 aliphatic rings. The second-order valence-electron chi connectivity index (χ2n) is 12.8. The lowest BCUT2D eigenvalue weighted by Crippen LogP contribution is -1.99. The van der Waals surface area contributed by atoms with E-state index < -0.39 is 0 Å². The van der Waals surface area contributed by atoms with Crippen molar-refractivity contribution in [1.82, 2.24) is 18.5 Å². The van der Waals surface area contributed by atoms with Crippen molar-refractivity contribution in [2.75, 3.05) is 0 Å². The Morgan fingerprint density at radius 2 is 0.939 bits per heavy atom. The molecular weight excluding hydrogens is 597 g/mol. The van der Waals surface area contributed by atoms with E-state index in [2.05, 4.69) is 183 Å². The molecule has 0 radical (unpaired) electrons. The number of para-hydroxylation sites is 5. The number of nitrogens with zero attached hydrogens (tertiary/aromatic N) is 4. The van der Waals surface area contributed by atoms with Gasteiger partial charge in [0.15, 0.2) is 0 Å². The highest BCUT2D eigenvalue weighted by molar-refractivity contribution is 6.24. The predicted octanol–water partition coefficient (Wildman–Crippen LogP) is 11.5. The van der Waals surface area contributed by atoms with Gasteiger partial charge in [-0.3, -0.25) is 8.97 Å². The van der Waals surface area contributed by atoms with Gasteiger partial charge in [0.05, 0.1) is 27.6 Å². The van der Waals surface area contributed by atoms with E-state index in [0.717, 1.165) is 39.1 Å². The molecular formula is C45H28N4. The van der Waals surface area contributed by atoms with E-state index in [9.17, 15) is 0 Å². The smallest absolute Gasteiger partial charge is 0.147 e. The molecule has 0 saturated carbocycles. The van der Waals surface area contributed by atoms with Crippen LogP contribution in [0.3, 0.4) is 0 Å². The molecule has 0 amide bonds. The third-order valence-corrected chi connectivity index (χ3v) is 10.2. The van der Waals surface area contributed by atoms with Gasteiger partial charge in [0, 0.05) is 38.3 Å². The summed E-state index contributed by atoms with van der Waals surface area (Å²) in [6.07, 6.45) is 0. The Hall–Kier alpha value is -6.65. The van der Waals surface area contributed by atoms with E-state index in [0.29, 0.717) is 0 Å². The van der Waals surface area contributed by atoms with Crippen LogP contribution < -0.4 is 0 Å². The molecule has 11 rings (SSSR count). The first-order valence-electron chi connectivity index (χ1n) is 16.7. The monoisotopic (exact) mass is 624 g/mol. The third kappa shape index (κ3) is 3.66. The van der Waals surface area contributed by atoms with Crippen LogP contribution in [-0.2, 0) is 0 Å². The SMILES string of the molecule is c1ccc(-n2c3ccccc3c3ccc(-c4ccc5c(c4)c4c6ccccc6c6nc7ccccc7n6c4n5-c4ccccc4)cc32)cc1. The van der Waals surface area contributed by atoms with Gasteiger partial charge < -0.3 is 4.57 Å². The molecule has 4 heteroatoms. The zero-order valence-electron chi connectivity index (χ0n) is 26.5. The Labute approximate surface area is 281 Å². The summed E-state index contributed by atoms with van der Waals surface area (Å²) in [5.74, 6) is 0. The average molecular weight is 625 g/mol. The molecule has 228 valence electrons. The molecule has 0 unspecified atom stereocenters. The van der Waals surface area contributed by atoms with E-state index in [4.69, 9.17) is 4.98 Å². The molecule has 0 aliphatic heterocycles. The highest BCUT2D eigenvalue weighted by Gasteiger charge is 2.22. The third-order valence-electron chi connectivity index (χ3n) is 10.2. The van der Waals surface area contributed by atoms with Gasteiger partial charge in [0.2, 0.25) is 0 Å². The van der Waals surface area contributed by atoms with Crippen LogP contribution in [0.2, 0.25) is 0 Å². The van der Waals surface area contributed by atoms with E-state index in [1.807, 2.05) is 0 Å². The standard InChI is InChI=1S/C45H28N4/c1-3-13-31(14-4-1)47-39-21-11-9-17-33(39)34-25-23-30(28-42(34)47)29-24-26-40-37(27-29)43-35-18-7-8-19-36(35)44-46-38-20-10-12-22-41(38)49(44)45(43)48(40)32-15-5-2-6-16-32/h1-28H. The lowest BCUT2D eigenvalue weighted by Gasteiger charge is -2.11. The summed E-state index contributed by atoms with van der Waals surface area (Å²) in [7, 11) is 0. The Bertz CT molecular complexity index is 3090. The summed E-state index contributed by atoms with van der Waals surface area (Å²) < 4.78 is 7.17. The number of rotatable bonds is 3. The van der Waals surface area contributed by atoms with Crippen LogP contribution in [0.4, 0.5) is 0 Å². The van der Waals surface area contributed by atoms with E-state index in [1.165, 1.54) is 54.6 Å². The van der Waals surface area contributed by atoms with Crippen LogP contribution in [0.15, 0.2) is 170 Å². The van der Waals surface area contributed by atoms with Gasteiger partial charge in [-0.2, -0.15) is 0 Å². The number of imidazole rings is 1. The van der Waals surface area contributed by atoms with Crippen LogP contribution >= 0.6 is 0 Å². The normalized spacial score (nSPS) is 12.1. The Morgan fingerprint density at radius 1 is 0.367 bits per heavy atom. The molecule has 0 spiro atoms. The number of benzene rings is 7. The maximum absolute atomic E-state index is 5.19. The van der Waals surface area contributed by atoms with Crippen molar-refractivity contribution in [2.45, 2.75) is 0 Å². The first kappa shape index (κ1) is 26.4. The van der Waals surface area contributed by atoms with E-state index >= 15 is 0 Å². The molecule has 4 aromatic heterocycles. The summed E-state index contributed by atoms with van der Waals surface area (Å²) in [6, 6.07) is 61.2. The molecule has 0 bridgehead atoms. The number of pyridine rings is 1. The lowest BCUT2D eigenvalue weighted by molar-refractivity contribution is 1.11. The van der Waals surface area contributed by atoms with Crippen molar-refractivity contribution in [3.63, 3.8) is 0 Å². The van der Waals surface area contributed by atoms with Crippen molar-refractivity contribution < 1.29 is 0 Å². The number of aromatic nitrogens is 4. The largest absolute Gasteiger partial charge is 0.309 e. The lowest BCUT2D eigenvalue weighted by atomic mass is 10.00. The number of hydrogen-bond donors (Lipinski definition) is 0. The molecule has 0 aliphatic carbocycles. The van der Waals surface area contributed by atoms with Gasteiger partial charge in [-0.1, -0.05) is 109 Å². The second kappa shape index (κ2) is 9.93. The van der Waals surface area contributed by atoms with Crippen LogP contribution in [0.5, 0.6) is 0 Å². The molecule has 4 nitrogen and oxygen atoms in total. The molecule has 11 aromatic rings. The summed E-state index contributed by atoms with van der Waals surface area (Å²) in [4.78, 5) is 5.19. The number of hydrogen-bond acceptors (Lipinski definition) is 1. The molecule has 0 saturated heterocycles. The minimum absolute atomic E-state index is 0.976. The fraction of sp³-hybridized carbons (Fsp3) is 0. The summed E-state index contributed by atoms with van der Waals surface area (Å²) in [5.41, 5.74) is 12.4. The minimum atomic E-state index is 0.976. The van der Waals surface area contributed by atoms with Crippen molar-refractivity contribution in [1.29, 1.82) is 0 Å². The minimum Gasteiger partial charge on any atom is -0.309 e. The molecule has 0 N–H and O–H groups in total. The van der Waals surface area contributed by atoms with Gasteiger partial charge in [0.1, 0.15) is 11.3 Å². The van der Waals surface area contributed by atoms with E-state index in [-0.39, 0.29) is 0 Å². The van der Waals surface area contributed by atoms with Crippen LogP contribution in [0.25, 0.3) is 93.7 Å². The van der Waals surface area contributed by atoms with E-state index in [1.54, 1.807) is 0 Å². The van der Waals surface area contributed by atoms with Crippen molar-refractivity contribution in [3.8, 4) is 22.5 Å². The van der Waals surface area contributed by atoms with Gasteiger partial charge in [-0.15, -0.1) is 0 Å². The van der Waals surface area contributed by atoms with Gasteiger partial charge in [0.25, 0.3) is 0 Å². The summed E-state index contributed by atoms with van der Waals surface area (Å²) >= 11 is 0. The van der Waals surface area contributed by atoms with Crippen molar-refractivity contribution in [2.24, 2.45) is 0 Å². The highest BCUT2D eigenvalue weighted by atomic mass is 15.1. The Balaban J connectivity index is 1.27. The quantitative estimate of drug-likeness (QED) is 0.192. The predicted molar refractivity (Wildman–Crippen MR) is 204 cm³/mol. The molecule has 4 heterocycles. The second-order valence-corrected chi connectivity index (χ2v) is 12.8. The zero-order valence-corrected chi connectivity index (χ0v) is 26.5. The summed E-state index contributed by atoms with van der Waals surface area (Å²) in [6.45, 7) is 0. The molecule has 7 aromatic carbocycles. The zero-order chi connectivity index (χ0) is 32.1.